The van der Waals surface area contributed by atoms with Gasteiger partial charge in [-0.1, -0.05) is 18.2 Å². The minimum Gasteiger partial charge on any atom is -0.467 e. The highest BCUT2D eigenvalue weighted by Crippen LogP contribution is 2.23. The lowest BCUT2D eigenvalue weighted by Gasteiger charge is -2.21. The number of fused-ring (bicyclic) bond motifs is 1. The van der Waals surface area contributed by atoms with Gasteiger partial charge in [-0.3, -0.25) is 4.79 Å². The van der Waals surface area contributed by atoms with E-state index in [1.165, 1.54) is 0 Å². The number of amides is 1. The van der Waals surface area contributed by atoms with Gasteiger partial charge in [0, 0.05) is 30.3 Å². The summed E-state index contributed by atoms with van der Waals surface area (Å²) in [4.78, 5) is 18.0. The summed E-state index contributed by atoms with van der Waals surface area (Å²) in [5, 5.41) is 1.10. The first-order valence-corrected chi connectivity index (χ1v) is 8.04. The third kappa shape index (κ3) is 3.51. The van der Waals surface area contributed by atoms with Crippen molar-refractivity contribution in [2.75, 3.05) is 20.3 Å². The number of nitrogens with one attached hydrogen (secondary N) is 1. The Kier molecular flexibility index (Phi) is 5.01. The standard InChI is InChI=1S/C19H22N2O3/c1-14-17(16-7-3-4-8-18(16)20-14)12-19(22)21(9-11-23-2)13-15-6-5-10-24-15/h3-8,10,20H,9,11-13H2,1-2H3. The predicted octanol–water partition coefficient (Wildman–Crippen LogP) is 3.29. The highest BCUT2D eigenvalue weighted by Gasteiger charge is 2.19. The molecule has 2 aromatic heterocycles. The van der Waals surface area contributed by atoms with Crippen LogP contribution in [0, 0.1) is 6.92 Å². The zero-order valence-electron chi connectivity index (χ0n) is 14.0. The molecule has 0 aliphatic heterocycles. The van der Waals surface area contributed by atoms with Crippen LogP contribution in [0.5, 0.6) is 0 Å². The normalized spacial score (nSPS) is 11.1. The third-order valence-corrected chi connectivity index (χ3v) is 4.20. The van der Waals surface area contributed by atoms with Gasteiger partial charge in [0.05, 0.1) is 25.8 Å². The number of nitrogens with zero attached hydrogens (tertiary/aromatic N) is 1. The van der Waals surface area contributed by atoms with Crippen molar-refractivity contribution in [2.24, 2.45) is 0 Å². The topological polar surface area (TPSA) is 58.5 Å². The van der Waals surface area contributed by atoms with Gasteiger partial charge in [0.2, 0.25) is 5.91 Å². The van der Waals surface area contributed by atoms with Gasteiger partial charge < -0.3 is 19.0 Å². The fraction of sp³-hybridized carbons (Fsp3) is 0.316. The van der Waals surface area contributed by atoms with Crippen LogP contribution in [-0.4, -0.2) is 36.1 Å². The quantitative estimate of drug-likeness (QED) is 0.725. The number of H-pyrrole nitrogens is 1. The summed E-state index contributed by atoms with van der Waals surface area (Å²) in [5.74, 6) is 0.839. The highest BCUT2D eigenvalue weighted by atomic mass is 16.5. The van der Waals surface area contributed by atoms with Crippen molar-refractivity contribution in [2.45, 2.75) is 19.9 Å². The van der Waals surface area contributed by atoms with Gasteiger partial charge >= 0.3 is 0 Å². The molecule has 0 bridgehead atoms. The molecule has 0 aliphatic carbocycles. The molecule has 3 aromatic rings. The van der Waals surface area contributed by atoms with Gasteiger partial charge in [-0.15, -0.1) is 0 Å². The lowest BCUT2D eigenvalue weighted by molar-refractivity contribution is -0.132. The second-order valence-corrected chi connectivity index (χ2v) is 5.84. The van der Waals surface area contributed by atoms with Crippen molar-refractivity contribution in [1.29, 1.82) is 0 Å². The Morgan fingerprint density at radius 1 is 1.25 bits per heavy atom. The number of furan rings is 1. The summed E-state index contributed by atoms with van der Waals surface area (Å²) >= 11 is 0. The molecule has 0 saturated heterocycles. The minimum absolute atomic E-state index is 0.0660. The van der Waals surface area contributed by atoms with Crippen LogP contribution in [0.2, 0.25) is 0 Å². The number of para-hydroxylation sites is 1. The maximum absolute atomic E-state index is 12.9. The number of hydrogen-bond acceptors (Lipinski definition) is 3. The van der Waals surface area contributed by atoms with Crippen LogP contribution < -0.4 is 0 Å². The molecule has 0 radical (unpaired) electrons. The molecular weight excluding hydrogens is 304 g/mol. The Morgan fingerprint density at radius 2 is 2.08 bits per heavy atom. The Morgan fingerprint density at radius 3 is 2.83 bits per heavy atom. The maximum atomic E-state index is 12.9. The van der Waals surface area contributed by atoms with E-state index in [9.17, 15) is 4.79 Å². The average molecular weight is 326 g/mol. The Labute approximate surface area is 141 Å². The van der Waals surface area contributed by atoms with Crippen LogP contribution in [0.1, 0.15) is 17.0 Å². The SMILES string of the molecule is COCCN(Cc1ccco1)C(=O)Cc1c(C)[nH]c2ccccc12. The van der Waals surface area contributed by atoms with E-state index in [1.807, 2.05) is 43.3 Å². The second-order valence-electron chi connectivity index (χ2n) is 5.84. The van der Waals surface area contributed by atoms with Gasteiger partial charge in [-0.05, 0) is 30.7 Å². The van der Waals surface area contributed by atoms with E-state index in [2.05, 4.69) is 4.98 Å². The van der Waals surface area contributed by atoms with Crippen molar-refractivity contribution in [3.05, 3.63) is 59.7 Å². The minimum atomic E-state index is 0.0660. The van der Waals surface area contributed by atoms with Crippen molar-refractivity contribution in [3.8, 4) is 0 Å². The van der Waals surface area contributed by atoms with Crippen LogP contribution in [-0.2, 0) is 22.5 Å². The smallest absolute Gasteiger partial charge is 0.227 e. The van der Waals surface area contributed by atoms with Crippen molar-refractivity contribution in [3.63, 3.8) is 0 Å². The highest BCUT2D eigenvalue weighted by molar-refractivity contribution is 5.90. The summed E-state index contributed by atoms with van der Waals surface area (Å²) in [5.41, 5.74) is 3.15. The molecule has 0 atom stereocenters. The van der Waals surface area contributed by atoms with E-state index in [0.29, 0.717) is 26.1 Å². The molecule has 0 saturated carbocycles. The van der Waals surface area contributed by atoms with E-state index in [-0.39, 0.29) is 5.91 Å². The monoisotopic (exact) mass is 326 g/mol. The number of methoxy groups -OCH3 is 1. The van der Waals surface area contributed by atoms with E-state index in [1.54, 1.807) is 18.3 Å². The van der Waals surface area contributed by atoms with Crippen LogP contribution in [0.15, 0.2) is 47.1 Å². The Hall–Kier alpha value is -2.53. The summed E-state index contributed by atoms with van der Waals surface area (Å²) in [6.45, 7) is 3.50. The first-order chi connectivity index (χ1) is 11.7. The summed E-state index contributed by atoms with van der Waals surface area (Å²) in [6, 6.07) is 11.8. The molecule has 1 N–H and O–H groups in total. The number of ether oxygens (including phenoxy) is 1. The summed E-state index contributed by atoms with van der Waals surface area (Å²) < 4.78 is 10.5. The van der Waals surface area contributed by atoms with Gasteiger partial charge in [0.15, 0.2) is 0 Å². The van der Waals surface area contributed by atoms with Crippen molar-refractivity contribution in [1.82, 2.24) is 9.88 Å². The molecule has 1 amide bonds. The number of hydrogen-bond donors (Lipinski definition) is 1. The number of carbonyl (C=O) groups is 1. The van der Waals surface area contributed by atoms with E-state index in [4.69, 9.17) is 9.15 Å². The van der Waals surface area contributed by atoms with Crippen molar-refractivity contribution >= 4 is 16.8 Å². The Bertz CT molecular complexity index is 805. The maximum Gasteiger partial charge on any atom is 0.227 e. The molecule has 0 aliphatic rings. The molecule has 0 fully saturated rings. The fourth-order valence-electron chi connectivity index (χ4n) is 2.91. The number of aryl methyl sites for hydroxylation is 1. The molecule has 2 heterocycles. The molecular formula is C19H22N2O3. The van der Waals surface area contributed by atoms with Gasteiger partial charge in [-0.25, -0.2) is 0 Å². The van der Waals surface area contributed by atoms with Gasteiger partial charge in [0.25, 0.3) is 0 Å². The first kappa shape index (κ1) is 16.3. The fourth-order valence-corrected chi connectivity index (χ4v) is 2.91. The molecule has 5 nitrogen and oxygen atoms in total. The van der Waals surface area contributed by atoms with Crippen LogP contribution in [0.25, 0.3) is 10.9 Å². The lowest BCUT2D eigenvalue weighted by Crippen LogP contribution is -2.34. The zero-order valence-corrected chi connectivity index (χ0v) is 14.0. The van der Waals surface area contributed by atoms with Gasteiger partial charge in [-0.2, -0.15) is 0 Å². The predicted molar refractivity (Wildman–Crippen MR) is 92.7 cm³/mol. The van der Waals surface area contributed by atoms with Crippen molar-refractivity contribution < 1.29 is 13.9 Å². The number of rotatable bonds is 7. The summed E-state index contributed by atoms with van der Waals surface area (Å²) in [6.07, 6.45) is 1.98. The van der Waals surface area contributed by atoms with Crippen LogP contribution in [0.4, 0.5) is 0 Å². The first-order valence-electron chi connectivity index (χ1n) is 8.04. The zero-order chi connectivity index (χ0) is 16.9. The average Bonchev–Trinajstić information content (AvgIpc) is 3.20. The van der Waals surface area contributed by atoms with E-state index in [0.717, 1.165) is 27.9 Å². The molecule has 24 heavy (non-hydrogen) atoms. The Balaban J connectivity index is 1.80. The largest absolute Gasteiger partial charge is 0.467 e. The van der Waals surface area contributed by atoms with E-state index < -0.39 is 0 Å². The number of aromatic amines is 1. The van der Waals surface area contributed by atoms with E-state index >= 15 is 0 Å². The summed E-state index contributed by atoms with van der Waals surface area (Å²) in [7, 11) is 1.64. The lowest BCUT2D eigenvalue weighted by atomic mass is 10.1. The molecule has 126 valence electrons. The van der Waals surface area contributed by atoms with Crippen LogP contribution >= 0.6 is 0 Å². The third-order valence-electron chi connectivity index (χ3n) is 4.20. The molecule has 3 rings (SSSR count). The van der Waals surface area contributed by atoms with Gasteiger partial charge in [0.1, 0.15) is 5.76 Å². The molecule has 1 aromatic carbocycles. The number of aromatic nitrogens is 1. The molecule has 0 spiro atoms. The number of carbonyl (C=O) groups excluding carboxylic acids is 1. The molecule has 0 unspecified atom stereocenters. The van der Waals surface area contributed by atoms with Crippen LogP contribution in [0.3, 0.4) is 0 Å². The second kappa shape index (κ2) is 7.36. The number of benzene rings is 1. The molecule has 5 heteroatoms.